The molecule has 0 aliphatic rings. The van der Waals surface area contributed by atoms with Crippen LogP contribution in [-0.2, 0) is 12.5 Å². The molecule has 0 unspecified atom stereocenters. The van der Waals surface area contributed by atoms with Crippen LogP contribution in [0.15, 0.2) is 91.0 Å². The van der Waals surface area contributed by atoms with E-state index >= 15 is 4.39 Å². The molecule has 0 atom stereocenters. The molecule has 0 aliphatic carbocycles. The predicted octanol–water partition coefficient (Wildman–Crippen LogP) is 11.4. The third kappa shape index (κ3) is 7.03. The molecule has 45 heavy (non-hydrogen) atoms. The molecule has 0 saturated carbocycles. The van der Waals surface area contributed by atoms with Gasteiger partial charge in [-0.05, 0) is 88.7 Å². The van der Waals surface area contributed by atoms with Gasteiger partial charge in [0.05, 0.1) is 0 Å². The monoisotopic (exact) mass is 626 g/mol. The Hall–Kier alpha value is -4.66. The van der Waals surface area contributed by atoms with Crippen LogP contribution in [0, 0.1) is 34.9 Å². The Balaban J connectivity index is 1.34. The third-order valence-corrected chi connectivity index (χ3v) is 7.39. The predicted molar refractivity (Wildman–Crippen MR) is 157 cm³/mol. The normalized spacial score (nSPS) is 11.6. The largest absolute Gasteiger partial charge is 0.432 e. The van der Waals surface area contributed by atoms with Gasteiger partial charge >= 0.3 is 6.11 Å². The molecule has 0 amide bonds. The van der Waals surface area contributed by atoms with Crippen molar-refractivity contribution in [2.24, 2.45) is 0 Å². The number of alkyl halides is 2. The van der Waals surface area contributed by atoms with Gasteiger partial charge in [0.15, 0.2) is 17.5 Å². The molecule has 0 radical (unpaired) electrons. The molecule has 1 nitrogen and oxygen atoms in total. The standard InChI is InChI=1S/C36H26F8O/c1-2-3-4-5-21-6-8-22(9-7-21)24-12-15-28(29(37)16-24)26-19-30(38)34(31(39)20-26)36(43,44)45-27-13-10-23(11-14-27)25-17-32(40)35(42)33(41)18-25/h6-20H,2-5H2,1H3. The van der Waals surface area contributed by atoms with Gasteiger partial charge in [0.1, 0.15) is 28.8 Å². The average molecular weight is 627 g/mol. The molecule has 0 aromatic heterocycles. The molecular weight excluding hydrogens is 600 g/mol. The van der Waals surface area contributed by atoms with E-state index in [2.05, 4.69) is 11.7 Å². The molecule has 0 bridgehead atoms. The maximum Gasteiger partial charge on any atom is 0.432 e. The van der Waals surface area contributed by atoms with Gasteiger partial charge < -0.3 is 4.74 Å². The van der Waals surface area contributed by atoms with Crippen molar-refractivity contribution in [2.45, 2.75) is 38.7 Å². The van der Waals surface area contributed by atoms with E-state index < -0.39 is 52.3 Å². The summed E-state index contributed by atoms with van der Waals surface area (Å²) in [7, 11) is 0. The quantitative estimate of drug-likeness (QED) is 0.0852. The molecule has 0 saturated heterocycles. The van der Waals surface area contributed by atoms with Gasteiger partial charge in [0, 0.05) is 5.56 Å². The van der Waals surface area contributed by atoms with Crippen molar-refractivity contribution in [3.05, 3.63) is 137 Å². The molecular formula is C36H26F8O. The van der Waals surface area contributed by atoms with Gasteiger partial charge in [-0.15, -0.1) is 0 Å². The molecule has 0 aliphatic heterocycles. The van der Waals surface area contributed by atoms with Crippen LogP contribution in [0.25, 0.3) is 33.4 Å². The highest BCUT2D eigenvalue weighted by atomic mass is 19.3. The van der Waals surface area contributed by atoms with E-state index in [1.807, 2.05) is 24.3 Å². The zero-order chi connectivity index (χ0) is 32.3. The summed E-state index contributed by atoms with van der Waals surface area (Å²) in [6.45, 7) is 2.13. The smallest absolute Gasteiger partial charge is 0.429 e. The van der Waals surface area contributed by atoms with Gasteiger partial charge in [0.25, 0.3) is 0 Å². The fourth-order valence-corrected chi connectivity index (χ4v) is 5.02. The Morgan fingerprint density at radius 1 is 0.533 bits per heavy atom. The maximum atomic E-state index is 15.1. The molecule has 0 fully saturated rings. The average Bonchev–Trinajstić information content (AvgIpc) is 2.99. The van der Waals surface area contributed by atoms with Crippen molar-refractivity contribution in [3.63, 3.8) is 0 Å². The minimum Gasteiger partial charge on any atom is -0.429 e. The highest BCUT2D eigenvalue weighted by Crippen LogP contribution is 2.38. The highest BCUT2D eigenvalue weighted by molar-refractivity contribution is 5.71. The van der Waals surface area contributed by atoms with E-state index in [0.717, 1.165) is 73.2 Å². The lowest BCUT2D eigenvalue weighted by molar-refractivity contribution is -0.189. The van der Waals surface area contributed by atoms with Crippen LogP contribution in [0.1, 0.15) is 37.3 Å². The lowest BCUT2D eigenvalue weighted by Gasteiger charge is -2.20. The van der Waals surface area contributed by atoms with Crippen LogP contribution < -0.4 is 4.74 Å². The fourth-order valence-electron chi connectivity index (χ4n) is 5.02. The zero-order valence-electron chi connectivity index (χ0n) is 23.9. The Morgan fingerprint density at radius 2 is 1.04 bits per heavy atom. The second kappa shape index (κ2) is 13.1. The van der Waals surface area contributed by atoms with Crippen LogP contribution in [-0.4, -0.2) is 0 Å². The summed E-state index contributed by atoms with van der Waals surface area (Å²) in [5, 5.41) is 0. The number of hydrogen-bond acceptors (Lipinski definition) is 1. The second-order valence-electron chi connectivity index (χ2n) is 10.6. The molecule has 5 aromatic rings. The van der Waals surface area contributed by atoms with Crippen molar-refractivity contribution in [1.82, 2.24) is 0 Å². The van der Waals surface area contributed by atoms with E-state index in [1.165, 1.54) is 12.1 Å². The summed E-state index contributed by atoms with van der Waals surface area (Å²) < 4.78 is 120. The van der Waals surface area contributed by atoms with Crippen LogP contribution in [0.3, 0.4) is 0 Å². The van der Waals surface area contributed by atoms with Crippen molar-refractivity contribution >= 4 is 0 Å². The van der Waals surface area contributed by atoms with Crippen LogP contribution in [0.5, 0.6) is 5.75 Å². The molecule has 5 rings (SSSR count). The Morgan fingerprint density at radius 3 is 1.62 bits per heavy atom. The molecule has 0 N–H and O–H groups in total. The van der Waals surface area contributed by atoms with Gasteiger partial charge in [0.2, 0.25) is 0 Å². The molecule has 232 valence electrons. The number of aryl methyl sites for hydroxylation is 1. The minimum absolute atomic E-state index is 0.0756. The summed E-state index contributed by atoms with van der Waals surface area (Å²) in [5.74, 6) is -9.18. The summed E-state index contributed by atoms with van der Waals surface area (Å²) in [4.78, 5) is 0. The Kier molecular flexibility index (Phi) is 9.27. The van der Waals surface area contributed by atoms with Crippen molar-refractivity contribution < 1.29 is 39.9 Å². The highest BCUT2D eigenvalue weighted by Gasteiger charge is 2.41. The van der Waals surface area contributed by atoms with Crippen molar-refractivity contribution in [2.75, 3.05) is 0 Å². The summed E-state index contributed by atoms with van der Waals surface area (Å²) in [6.07, 6.45) is -0.243. The third-order valence-electron chi connectivity index (χ3n) is 7.39. The first-order valence-corrected chi connectivity index (χ1v) is 14.2. The second-order valence-corrected chi connectivity index (χ2v) is 10.6. The first-order chi connectivity index (χ1) is 21.5. The van der Waals surface area contributed by atoms with Crippen molar-refractivity contribution in [3.8, 4) is 39.1 Å². The van der Waals surface area contributed by atoms with E-state index in [4.69, 9.17) is 0 Å². The van der Waals surface area contributed by atoms with Crippen molar-refractivity contribution in [1.29, 1.82) is 0 Å². The van der Waals surface area contributed by atoms with E-state index in [9.17, 15) is 30.7 Å². The molecule has 0 heterocycles. The molecule has 5 aromatic carbocycles. The fraction of sp³-hybridized carbons (Fsp3) is 0.167. The van der Waals surface area contributed by atoms with Gasteiger partial charge in [-0.25, -0.2) is 26.3 Å². The van der Waals surface area contributed by atoms with Gasteiger partial charge in [-0.3, -0.25) is 0 Å². The number of benzene rings is 5. The SMILES string of the molecule is CCCCCc1ccc(-c2ccc(-c3cc(F)c(C(F)(F)Oc4ccc(-c5cc(F)c(F)c(F)c5)cc4)c(F)c3)c(F)c2)cc1. The Bertz CT molecular complexity index is 1770. The summed E-state index contributed by atoms with van der Waals surface area (Å²) >= 11 is 0. The lowest BCUT2D eigenvalue weighted by Crippen LogP contribution is -2.25. The number of halogens is 8. The van der Waals surface area contributed by atoms with E-state index in [-0.39, 0.29) is 22.3 Å². The number of hydrogen-bond donors (Lipinski definition) is 0. The first kappa shape index (κ1) is 31.8. The van der Waals surface area contributed by atoms with Crippen LogP contribution in [0.4, 0.5) is 35.1 Å². The first-order valence-electron chi connectivity index (χ1n) is 14.2. The van der Waals surface area contributed by atoms with Crippen LogP contribution >= 0.6 is 0 Å². The zero-order valence-corrected chi connectivity index (χ0v) is 23.9. The number of ether oxygens (including phenoxy) is 1. The molecule has 0 spiro atoms. The summed E-state index contributed by atoms with van der Waals surface area (Å²) in [5.41, 5.74) is 0.339. The Labute approximate surface area is 254 Å². The summed E-state index contributed by atoms with van der Waals surface area (Å²) in [6, 6.07) is 18.7. The lowest BCUT2D eigenvalue weighted by atomic mass is 9.97. The number of rotatable bonds is 10. The van der Waals surface area contributed by atoms with Gasteiger partial charge in [-0.2, -0.15) is 8.78 Å². The van der Waals surface area contributed by atoms with E-state index in [1.54, 1.807) is 6.07 Å². The minimum atomic E-state index is -4.49. The van der Waals surface area contributed by atoms with Gasteiger partial charge in [-0.1, -0.05) is 68.3 Å². The van der Waals surface area contributed by atoms with Crippen LogP contribution in [0.2, 0.25) is 0 Å². The maximum absolute atomic E-state index is 15.1. The molecule has 9 heteroatoms. The van der Waals surface area contributed by atoms with E-state index in [0.29, 0.717) is 17.7 Å². The number of unbranched alkanes of at least 4 members (excludes halogenated alkanes) is 2. The topological polar surface area (TPSA) is 9.23 Å².